The Bertz CT molecular complexity index is 562. The summed E-state index contributed by atoms with van der Waals surface area (Å²) in [6.07, 6.45) is 0. The first-order chi connectivity index (χ1) is 8.56. The van der Waals surface area contributed by atoms with E-state index in [-0.39, 0.29) is 18.3 Å². The fourth-order valence-electron chi connectivity index (χ4n) is 1.39. The third kappa shape index (κ3) is 2.89. The Morgan fingerprint density at radius 1 is 1.44 bits per heavy atom. The van der Waals surface area contributed by atoms with Gasteiger partial charge in [0.05, 0.1) is 5.69 Å². The van der Waals surface area contributed by atoms with E-state index < -0.39 is 5.97 Å². The minimum Gasteiger partial charge on any atom is -0.484 e. The van der Waals surface area contributed by atoms with Gasteiger partial charge in [-0.3, -0.25) is 0 Å². The van der Waals surface area contributed by atoms with Crippen LogP contribution in [-0.2, 0) is 6.61 Å². The number of nitrogens with zero attached hydrogens (tertiary/aromatic N) is 1. The highest BCUT2D eigenvalue weighted by atomic mass is 79.9. The molecule has 0 aliphatic heterocycles. The van der Waals surface area contributed by atoms with Gasteiger partial charge < -0.3 is 14.3 Å². The van der Waals surface area contributed by atoms with Gasteiger partial charge in [-0.15, -0.1) is 0 Å². The molecule has 2 rings (SSSR count). The van der Waals surface area contributed by atoms with Crippen LogP contribution >= 0.6 is 15.9 Å². The lowest BCUT2D eigenvalue weighted by Gasteiger charge is -2.02. The number of hydrogen-bond donors (Lipinski definition) is 1. The summed E-state index contributed by atoms with van der Waals surface area (Å²) >= 11 is 3.32. The zero-order chi connectivity index (χ0) is 13.1. The van der Waals surface area contributed by atoms with Crippen LogP contribution in [0.5, 0.6) is 5.75 Å². The summed E-state index contributed by atoms with van der Waals surface area (Å²) in [5.74, 6) is -0.377. The minimum absolute atomic E-state index is 0.0930. The third-order valence-corrected chi connectivity index (χ3v) is 2.74. The van der Waals surface area contributed by atoms with Gasteiger partial charge in [-0.25, -0.2) is 9.78 Å². The topological polar surface area (TPSA) is 72.6 Å². The van der Waals surface area contributed by atoms with Crippen LogP contribution in [0.1, 0.15) is 22.1 Å². The van der Waals surface area contributed by atoms with Gasteiger partial charge in [0.1, 0.15) is 5.75 Å². The predicted octanol–water partition coefficient (Wildman–Crippen LogP) is 3.02. The van der Waals surface area contributed by atoms with Crippen molar-refractivity contribution in [2.24, 2.45) is 0 Å². The van der Waals surface area contributed by atoms with Crippen molar-refractivity contribution < 1.29 is 19.1 Å². The molecule has 5 nitrogen and oxygen atoms in total. The van der Waals surface area contributed by atoms with Crippen LogP contribution in [0.15, 0.2) is 33.2 Å². The molecule has 0 saturated carbocycles. The van der Waals surface area contributed by atoms with Crippen LogP contribution in [0.25, 0.3) is 0 Å². The molecule has 0 aliphatic rings. The Morgan fingerprint density at radius 3 is 2.67 bits per heavy atom. The van der Waals surface area contributed by atoms with E-state index in [2.05, 4.69) is 20.9 Å². The maximum atomic E-state index is 10.8. The molecule has 2 aromatic rings. The molecule has 1 aromatic heterocycles. The highest BCUT2D eigenvalue weighted by molar-refractivity contribution is 9.10. The molecule has 0 saturated heterocycles. The Hall–Kier alpha value is -1.82. The van der Waals surface area contributed by atoms with Crippen LogP contribution in [0.4, 0.5) is 0 Å². The number of carbonyl (C=O) groups is 1. The number of benzene rings is 1. The zero-order valence-corrected chi connectivity index (χ0v) is 11.1. The molecule has 0 fully saturated rings. The number of aromatic nitrogens is 1. The van der Waals surface area contributed by atoms with E-state index in [1.54, 1.807) is 19.1 Å². The van der Waals surface area contributed by atoms with Gasteiger partial charge in [-0.2, -0.15) is 0 Å². The van der Waals surface area contributed by atoms with Crippen molar-refractivity contribution in [3.63, 3.8) is 0 Å². The van der Waals surface area contributed by atoms with Crippen molar-refractivity contribution in [3.8, 4) is 5.75 Å². The first-order valence-corrected chi connectivity index (χ1v) is 5.93. The van der Waals surface area contributed by atoms with Gasteiger partial charge in [-0.05, 0) is 31.2 Å². The Balaban J connectivity index is 2.04. The molecule has 6 heteroatoms. The Labute approximate surface area is 112 Å². The van der Waals surface area contributed by atoms with E-state index in [1.807, 2.05) is 12.1 Å². The van der Waals surface area contributed by atoms with Gasteiger partial charge in [0.2, 0.25) is 11.7 Å². The number of aryl methyl sites for hydroxylation is 1. The van der Waals surface area contributed by atoms with E-state index in [9.17, 15) is 4.79 Å². The van der Waals surface area contributed by atoms with E-state index in [0.717, 1.165) is 4.47 Å². The number of carboxylic acid groups (broad SMARTS) is 1. The van der Waals surface area contributed by atoms with Crippen molar-refractivity contribution in [1.29, 1.82) is 0 Å². The van der Waals surface area contributed by atoms with Gasteiger partial charge in [-0.1, -0.05) is 15.9 Å². The number of oxazole rings is 1. The Kier molecular flexibility index (Phi) is 3.66. The number of hydrogen-bond acceptors (Lipinski definition) is 4. The molecule has 0 amide bonds. The smallest absolute Gasteiger partial charge is 0.373 e. The normalized spacial score (nSPS) is 10.3. The molecule has 94 valence electrons. The lowest BCUT2D eigenvalue weighted by Crippen LogP contribution is -1.96. The van der Waals surface area contributed by atoms with Crippen molar-refractivity contribution in [2.75, 3.05) is 0 Å². The fraction of sp³-hybridized carbons (Fsp3) is 0.167. The van der Waals surface area contributed by atoms with Crippen LogP contribution in [0.3, 0.4) is 0 Å². The molecule has 0 radical (unpaired) electrons. The molecule has 1 aromatic carbocycles. The maximum absolute atomic E-state index is 10.8. The molecule has 0 spiro atoms. The summed E-state index contributed by atoms with van der Waals surface area (Å²) in [6.45, 7) is 1.67. The van der Waals surface area contributed by atoms with Crippen molar-refractivity contribution in [1.82, 2.24) is 4.98 Å². The molecule has 1 N–H and O–H groups in total. The van der Waals surface area contributed by atoms with E-state index in [1.165, 1.54) is 0 Å². The summed E-state index contributed by atoms with van der Waals surface area (Å²) < 4.78 is 11.5. The molecular weight excluding hydrogens is 302 g/mol. The summed E-state index contributed by atoms with van der Waals surface area (Å²) in [5, 5.41) is 8.81. The van der Waals surface area contributed by atoms with Gasteiger partial charge in [0, 0.05) is 4.47 Å². The first kappa shape index (κ1) is 12.6. The molecule has 0 aliphatic carbocycles. The van der Waals surface area contributed by atoms with Gasteiger partial charge >= 0.3 is 5.97 Å². The number of halogens is 1. The highest BCUT2D eigenvalue weighted by Gasteiger charge is 2.16. The molecular formula is C12H10BrNO4. The molecule has 0 atom stereocenters. The standard InChI is InChI=1S/C12H10BrNO4/c1-7-11(12(15)16)18-10(14-7)6-17-9-4-2-8(13)3-5-9/h2-5H,6H2,1H3,(H,15,16). The quantitative estimate of drug-likeness (QED) is 0.939. The highest BCUT2D eigenvalue weighted by Crippen LogP contribution is 2.18. The summed E-state index contributed by atoms with van der Waals surface area (Å²) in [6, 6.07) is 7.27. The molecule has 18 heavy (non-hydrogen) atoms. The summed E-state index contributed by atoms with van der Waals surface area (Å²) in [4.78, 5) is 14.7. The monoisotopic (exact) mass is 311 g/mol. The lowest BCUT2D eigenvalue weighted by atomic mass is 10.3. The van der Waals surface area contributed by atoms with Crippen LogP contribution in [0, 0.1) is 6.92 Å². The number of carboxylic acids is 1. The van der Waals surface area contributed by atoms with E-state index >= 15 is 0 Å². The Morgan fingerprint density at radius 2 is 2.11 bits per heavy atom. The molecule has 0 bridgehead atoms. The van der Waals surface area contributed by atoms with Crippen molar-refractivity contribution >= 4 is 21.9 Å². The fourth-order valence-corrected chi connectivity index (χ4v) is 1.65. The second kappa shape index (κ2) is 5.22. The molecule has 0 unspecified atom stereocenters. The average Bonchev–Trinajstić information content (AvgIpc) is 2.70. The summed E-state index contributed by atoms with van der Waals surface area (Å²) in [5.41, 5.74) is 0.344. The second-order valence-corrected chi connectivity index (χ2v) is 4.49. The average molecular weight is 312 g/mol. The first-order valence-electron chi connectivity index (χ1n) is 5.14. The zero-order valence-electron chi connectivity index (χ0n) is 9.51. The lowest BCUT2D eigenvalue weighted by molar-refractivity contribution is 0.0657. The van der Waals surface area contributed by atoms with E-state index in [4.69, 9.17) is 14.3 Å². The van der Waals surface area contributed by atoms with Crippen LogP contribution in [0.2, 0.25) is 0 Å². The summed E-state index contributed by atoms with van der Waals surface area (Å²) in [7, 11) is 0. The number of ether oxygens (including phenoxy) is 1. The van der Waals surface area contributed by atoms with Gasteiger partial charge in [0.15, 0.2) is 6.61 Å². The third-order valence-electron chi connectivity index (χ3n) is 2.21. The van der Waals surface area contributed by atoms with E-state index in [0.29, 0.717) is 11.4 Å². The van der Waals surface area contributed by atoms with Crippen molar-refractivity contribution in [2.45, 2.75) is 13.5 Å². The number of rotatable bonds is 4. The van der Waals surface area contributed by atoms with Crippen molar-refractivity contribution in [3.05, 3.63) is 46.1 Å². The minimum atomic E-state index is -1.13. The predicted molar refractivity (Wildman–Crippen MR) is 66.7 cm³/mol. The second-order valence-electron chi connectivity index (χ2n) is 3.57. The van der Waals surface area contributed by atoms with Crippen LogP contribution < -0.4 is 4.74 Å². The molecule has 1 heterocycles. The maximum Gasteiger partial charge on any atom is 0.373 e. The van der Waals surface area contributed by atoms with Crippen LogP contribution in [-0.4, -0.2) is 16.1 Å². The SMILES string of the molecule is Cc1nc(COc2ccc(Br)cc2)oc1C(=O)O. The largest absolute Gasteiger partial charge is 0.484 e. The number of aromatic carboxylic acids is 1. The van der Waals surface area contributed by atoms with Gasteiger partial charge in [0.25, 0.3) is 0 Å².